The van der Waals surface area contributed by atoms with E-state index < -0.39 is 0 Å². The molecule has 1 aliphatic carbocycles. The summed E-state index contributed by atoms with van der Waals surface area (Å²) in [4.78, 5) is 11.5. The quantitative estimate of drug-likeness (QED) is 0.840. The molecule has 0 radical (unpaired) electrons. The van der Waals surface area contributed by atoms with Gasteiger partial charge >= 0.3 is 0 Å². The van der Waals surface area contributed by atoms with Gasteiger partial charge in [0.05, 0.1) is 6.61 Å². The van der Waals surface area contributed by atoms with Crippen LogP contribution in [0, 0.1) is 5.82 Å². The van der Waals surface area contributed by atoms with Crippen LogP contribution in [0.4, 0.5) is 4.39 Å². The van der Waals surface area contributed by atoms with Gasteiger partial charge in [-0.25, -0.2) is 4.39 Å². The number of hydrogen-bond donors (Lipinski definition) is 1. The Bertz CT molecular complexity index is 430. The lowest BCUT2D eigenvalue weighted by Crippen LogP contribution is -2.32. The van der Waals surface area contributed by atoms with Gasteiger partial charge in [0.15, 0.2) is 0 Å². The van der Waals surface area contributed by atoms with Crippen LogP contribution < -0.4 is 5.32 Å². The number of ether oxygens (including phenoxy) is 1. The predicted octanol–water partition coefficient (Wildman–Crippen LogP) is 2.01. The number of carbonyl (C=O) groups is 1. The van der Waals surface area contributed by atoms with Crippen molar-refractivity contribution in [3.8, 4) is 0 Å². The number of methoxy groups -OCH3 is 1. The summed E-state index contributed by atoms with van der Waals surface area (Å²) < 4.78 is 18.0. The van der Waals surface area contributed by atoms with E-state index in [0.717, 1.165) is 18.4 Å². The lowest BCUT2D eigenvalue weighted by atomic mass is 9.96. The molecule has 1 aromatic carbocycles. The van der Waals surface area contributed by atoms with Crippen LogP contribution in [0.1, 0.15) is 24.8 Å². The molecule has 1 aliphatic rings. The van der Waals surface area contributed by atoms with Crippen LogP contribution in [0.3, 0.4) is 0 Å². The van der Waals surface area contributed by atoms with Crippen LogP contribution in [0.5, 0.6) is 0 Å². The topological polar surface area (TPSA) is 38.3 Å². The molecule has 1 amide bonds. The second-order valence-electron chi connectivity index (χ2n) is 4.81. The second-order valence-corrected chi connectivity index (χ2v) is 4.81. The number of nitrogens with one attached hydrogen (secondary N) is 1. The number of amides is 1. The molecule has 18 heavy (non-hydrogen) atoms. The summed E-state index contributed by atoms with van der Waals surface area (Å²) >= 11 is 0. The number of halogens is 1. The van der Waals surface area contributed by atoms with Gasteiger partial charge in [0, 0.05) is 25.5 Å². The molecule has 0 saturated heterocycles. The molecule has 1 aromatic rings. The maximum Gasteiger partial charge on any atom is 0.222 e. The van der Waals surface area contributed by atoms with Crippen molar-refractivity contribution in [2.45, 2.75) is 24.7 Å². The molecule has 0 aliphatic heterocycles. The van der Waals surface area contributed by atoms with Gasteiger partial charge in [-0.1, -0.05) is 12.1 Å². The van der Waals surface area contributed by atoms with E-state index in [1.54, 1.807) is 19.2 Å². The largest absolute Gasteiger partial charge is 0.384 e. The van der Waals surface area contributed by atoms with Gasteiger partial charge in [-0.3, -0.25) is 4.79 Å². The van der Waals surface area contributed by atoms with Gasteiger partial charge in [0.2, 0.25) is 5.91 Å². The summed E-state index contributed by atoms with van der Waals surface area (Å²) in [5.41, 5.74) is 0.930. The molecule has 3 nitrogen and oxygen atoms in total. The fraction of sp³-hybridized carbons (Fsp3) is 0.500. The molecule has 98 valence electrons. The highest BCUT2D eigenvalue weighted by atomic mass is 19.1. The van der Waals surface area contributed by atoms with Crippen LogP contribution in [-0.2, 0) is 14.9 Å². The lowest BCUT2D eigenvalue weighted by Gasteiger charge is -2.16. The van der Waals surface area contributed by atoms with Crippen molar-refractivity contribution in [2.24, 2.45) is 0 Å². The van der Waals surface area contributed by atoms with Crippen LogP contribution >= 0.6 is 0 Å². The van der Waals surface area contributed by atoms with Gasteiger partial charge < -0.3 is 10.1 Å². The molecular formula is C14H18FNO2. The van der Waals surface area contributed by atoms with E-state index >= 15 is 0 Å². The molecule has 4 heteroatoms. The van der Waals surface area contributed by atoms with Gasteiger partial charge in [0.25, 0.3) is 0 Å². The van der Waals surface area contributed by atoms with Crippen molar-refractivity contribution in [3.63, 3.8) is 0 Å². The zero-order valence-corrected chi connectivity index (χ0v) is 10.5. The van der Waals surface area contributed by atoms with Crippen molar-refractivity contribution in [1.29, 1.82) is 0 Å². The normalized spacial score (nSPS) is 16.3. The predicted molar refractivity (Wildman–Crippen MR) is 66.8 cm³/mol. The number of hydrogen-bond acceptors (Lipinski definition) is 2. The van der Waals surface area contributed by atoms with E-state index in [9.17, 15) is 9.18 Å². The molecule has 0 bridgehead atoms. The van der Waals surface area contributed by atoms with E-state index in [0.29, 0.717) is 19.6 Å². The molecule has 1 N–H and O–H groups in total. The minimum atomic E-state index is -0.218. The Morgan fingerprint density at radius 1 is 1.50 bits per heavy atom. The van der Waals surface area contributed by atoms with Crippen LogP contribution in [0.25, 0.3) is 0 Å². The Morgan fingerprint density at radius 2 is 2.28 bits per heavy atom. The Labute approximate surface area is 106 Å². The van der Waals surface area contributed by atoms with Gasteiger partial charge in [-0.05, 0) is 30.5 Å². The Kier molecular flexibility index (Phi) is 3.97. The van der Waals surface area contributed by atoms with Crippen molar-refractivity contribution in [1.82, 2.24) is 5.32 Å². The summed E-state index contributed by atoms with van der Waals surface area (Å²) in [7, 11) is 1.57. The maximum absolute atomic E-state index is 13.2. The van der Waals surface area contributed by atoms with E-state index in [1.165, 1.54) is 6.07 Å². The Balaban J connectivity index is 1.91. The number of carbonyl (C=O) groups excluding carboxylic acids is 1. The maximum atomic E-state index is 13.2. The summed E-state index contributed by atoms with van der Waals surface area (Å²) in [6, 6.07) is 6.65. The van der Waals surface area contributed by atoms with E-state index in [4.69, 9.17) is 4.74 Å². The number of benzene rings is 1. The third-order valence-corrected chi connectivity index (χ3v) is 3.45. The van der Waals surface area contributed by atoms with Gasteiger partial charge in [0.1, 0.15) is 5.82 Å². The fourth-order valence-corrected chi connectivity index (χ4v) is 2.09. The standard InChI is InChI=1S/C14H18FNO2/c1-18-8-5-13(17)16-10-14(6-7-14)11-3-2-4-12(15)9-11/h2-4,9H,5-8,10H2,1H3,(H,16,17). The van der Waals surface area contributed by atoms with E-state index in [1.807, 2.05) is 6.07 Å². The highest BCUT2D eigenvalue weighted by molar-refractivity contribution is 5.76. The highest BCUT2D eigenvalue weighted by Gasteiger charge is 2.44. The molecule has 0 unspecified atom stereocenters. The molecule has 0 atom stereocenters. The minimum Gasteiger partial charge on any atom is -0.384 e. The van der Waals surface area contributed by atoms with Crippen molar-refractivity contribution >= 4 is 5.91 Å². The summed E-state index contributed by atoms with van der Waals surface area (Å²) in [6.45, 7) is 1.01. The molecule has 0 spiro atoms. The lowest BCUT2D eigenvalue weighted by molar-refractivity contribution is -0.122. The van der Waals surface area contributed by atoms with Crippen LogP contribution in [-0.4, -0.2) is 26.2 Å². The third-order valence-electron chi connectivity index (χ3n) is 3.45. The molecule has 2 rings (SSSR count). The summed E-state index contributed by atoms with van der Waals surface area (Å²) in [6.07, 6.45) is 2.37. The smallest absolute Gasteiger partial charge is 0.222 e. The number of rotatable bonds is 6. The first-order chi connectivity index (χ1) is 8.66. The third kappa shape index (κ3) is 3.07. The zero-order valence-electron chi connectivity index (χ0n) is 10.5. The molecular weight excluding hydrogens is 233 g/mol. The first kappa shape index (κ1) is 13.0. The molecule has 0 heterocycles. The fourth-order valence-electron chi connectivity index (χ4n) is 2.09. The highest BCUT2D eigenvalue weighted by Crippen LogP contribution is 2.47. The van der Waals surface area contributed by atoms with E-state index in [2.05, 4.69) is 5.32 Å². The average Bonchev–Trinajstić information content (AvgIpc) is 3.15. The SMILES string of the molecule is COCCC(=O)NCC1(c2cccc(F)c2)CC1. The van der Waals surface area contributed by atoms with E-state index in [-0.39, 0.29) is 17.1 Å². The van der Waals surface area contributed by atoms with Crippen LogP contribution in [0.15, 0.2) is 24.3 Å². The van der Waals surface area contributed by atoms with Crippen molar-refractivity contribution in [2.75, 3.05) is 20.3 Å². The molecule has 0 aromatic heterocycles. The first-order valence-electron chi connectivity index (χ1n) is 6.18. The Hall–Kier alpha value is -1.42. The Morgan fingerprint density at radius 3 is 2.89 bits per heavy atom. The van der Waals surface area contributed by atoms with Crippen LogP contribution in [0.2, 0.25) is 0 Å². The zero-order chi connectivity index (χ0) is 13.0. The first-order valence-corrected chi connectivity index (χ1v) is 6.18. The summed E-state index contributed by atoms with van der Waals surface area (Å²) in [5.74, 6) is -0.232. The molecule has 1 fully saturated rings. The monoisotopic (exact) mass is 251 g/mol. The van der Waals surface area contributed by atoms with Crippen molar-refractivity contribution in [3.05, 3.63) is 35.6 Å². The minimum absolute atomic E-state index is 0.0143. The van der Waals surface area contributed by atoms with Gasteiger partial charge in [-0.15, -0.1) is 0 Å². The average molecular weight is 251 g/mol. The second kappa shape index (κ2) is 5.48. The summed E-state index contributed by atoms with van der Waals surface area (Å²) in [5, 5.41) is 2.90. The van der Waals surface area contributed by atoms with Crippen molar-refractivity contribution < 1.29 is 13.9 Å². The van der Waals surface area contributed by atoms with Gasteiger partial charge in [-0.2, -0.15) is 0 Å². The molecule has 1 saturated carbocycles.